The van der Waals surface area contributed by atoms with Crippen LogP contribution in [0.5, 0.6) is 5.75 Å². The van der Waals surface area contributed by atoms with Crippen molar-refractivity contribution in [3.8, 4) is 16.9 Å². The number of hydrogen-bond acceptors (Lipinski definition) is 7. The van der Waals surface area contributed by atoms with Crippen LogP contribution < -0.4 is 10.1 Å². The van der Waals surface area contributed by atoms with Gasteiger partial charge in [0.05, 0.1) is 16.7 Å². The third-order valence-corrected chi connectivity index (χ3v) is 10.5. The fourth-order valence-corrected chi connectivity index (χ4v) is 7.70. The summed E-state index contributed by atoms with van der Waals surface area (Å²) in [5.41, 5.74) is 2.93. The van der Waals surface area contributed by atoms with Crippen LogP contribution in [0.4, 0.5) is 13.2 Å². The molecule has 3 saturated heterocycles. The average Bonchev–Trinajstić information content (AvgIpc) is 3.35. The highest BCUT2D eigenvalue weighted by atomic mass is 19.4. The van der Waals surface area contributed by atoms with Crippen molar-refractivity contribution in [3.63, 3.8) is 0 Å². The quantitative estimate of drug-likeness (QED) is 0.356. The zero-order chi connectivity index (χ0) is 35.2. The molecule has 0 aliphatic carbocycles. The van der Waals surface area contributed by atoms with Crippen LogP contribution in [0.3, 0.4) is 0 Å². The molecule has 1 spiro atoms. The summed E-state index contributed by atoms with van der Waals surface area (Å²) in [6.07, 6.45) is -1.26. The predicted octanol–water partition coefficient (Wildman–Crippen LogP) is 5.17. The summed E-state index contributed by atoms with van der Waals surface area (Å²) < 4.78 is 42.8. The van der Waals surface area contributed by atoms with Gasteiger partial charge in [-0.1, -0.05) is 48.5 Å². The summed E-state index contributed by atoms with van der Waals surface area (Å²) >= 11 is 0. The van der Waals surface area contributed by atoms with Gasteiger partial charge in [0.2, 0.25) is 11.8 Å². The first kappa shape index (κ1) is 33.5. The molecular formula is C37H35F3N4O6. The zero-order valence-corrected chi connectivity index (χ0v) is 27.1. The molecular weight excluding hydrogens is 653 g/mol. The molecule has 7 rings (SSSR count). The number of carbonyl (C=O) groups excluding carboxylic acids is 5. The minimum atomic E-state index is -4.88. The molecule has 0 bridgehead atoms. The maximum absolute atomic E-state index is 13.5. The Bertz CT molecular complexity index is 1860. The van der Waals surface area contributed by atoms with E-state index in [1.165, 1.54) is 18.2 Å². The largest absolute Gasteiger partial charge is 0.573 e. The van der Waals surface area contributed by atoms with E-state index < -0.39 is 47.7 Å². The first-order valence-electron chi connectivity index (χ1n) is 16.7. The average molecular weight is 689 g/mol. The highest BCUT2D eigenvalue weighted by molar-refractivity contribution is 6.25. The number of amides is 5. The minimum Gasteiger partial charge on any atom is -0.405 e. The van der Waals surface area contributed by atoms with E-state index in [1.807, 2.05) is 24.3 Å². The second-order valence-electron chi connectivity index (χ2n) is 13.5. The van der Waals surface area contributed by atoms with Crippen LogP contribution in [-0.4, -0.2) is 82.8 Å². The van der Waals surface area contributed by atoms with E-state index in [1.54, 1.807) is 23.1 Å². The third-order valence-electron chi connectivity index (χ3n) is 10.5. The topological polar surface area (TPSA) is 116 Å². The summed E-state index contributed by atoms with van der Waals surface area (Å²) in [6, 6.07) is 17.4. The number of benzene rings is 3. The standard InChI is InChI=1S/C37H35F3N4O6/c38-37(39,40)50-29-7-2-1-4-26(29)33(47)43-20-16-36(17-21-43)14-18-42(19-15-36)22-23-8-10-24(11-9-23)25-5-3-6-27-31(25)35(49)44(34(27)48)28-12-13-30(45)41-32(28)46/h1-11,28H,12-22H2,(H,41,45,46). The maximum atomic E-state index is 13.5. The van der Waals surface area contributed by atoms with Gasteiger partial charge in [0.1, 0.15) is 11.8 Å². The number of nitrogens with zero attached hydrogens (tertiary/aromatic N) is 3. The summed E-state index contributed by atoms with van der Waals surface area (Å²) in [5, 5.41) is 2.22. The van der Waals surface area contributed by atoms with Crippen LogP contribution in [0.2, 0.25) is 0 Å². The first-order chi connectivity index (χ1) is 23.9. The number of hydrogen-bond donors (Lipinski definition) is 1. The molecule has 1 atom stereocenters. The lowest BCUT2D eigenvalue weighted by molar-refractivity contribution is -0.274. The molecule has 13 heteroatoms. The predicted molar refractivity (Wildman–Crippen MR) is 174 cm³/mol. The van der Waals surface area contributed by atoms with E-state index in [0.29, 0.717) is 18.7 Å². The Morgan fingerprint density at radius 3 is 2.16 bits per heavy atom. The Hall–Kier alpha value is -5.04. The smallest absolute Gasteiger partial charge is 0.405 e. The van der Waals surface area contributed by atoms with E-state index in [9.17, 15) is 37.1 Å². The normalized spacial score (nSPS) is 21.0. The van der Waals surface area contributed by atoms with Crippen molar-refractivity contribution < 1.29 is 41.9 Å². The summed E-state index contributed by atoms with van der Waals surface area (Å²) in [6.45, 7) is 3.42. The molecule has 4 heterocycles. The number of carbonyl (C=O) groups is 5. The molecule has 4 aliphatic heterocycles. The molecule has 0 aromatic heterocycles. The molecule has 5 amide bonds. The van der Waals surface area contributed by atoms with Crippen LogP contribution in [0.15, 0.2) is 66.7 Å². The van der Waals surface area contributed by atoms with Gasteiger partial charge < -0.3 is 9.64 Å². The number of alkyl halides is 3. The number of fused-ring (bicyclic) bond motifs is 1. The van der Waals surface area contributed by atoms with Gasteiger partial charge in [-0.3, -0.25) is 39.1 Å². The fraction of sp³-hybridized carbons (Fsp3) is 0.378. The Morgan fingerprint density at radius 1 is 0.820 bits per heavy atom. The van der Waals surface area contributed by atoms with Crippen molar-refractivity contribution in [2.45, 2.75) is 57.5 Å². The molecule has 10 nitrogen and oxygen atoms in total. The lowest BCUT2D eigenvalue weighted by Crippen LogP contribution is -2.54. The number of rotatable bonds is 6. The van der Waals surface area contributed by atoms with E-state index in [4.69, 9.17) is 0 Å². The number of likely N-dealkylation sites (tertiary alicyclic amines) is 2. The second kappa shape index (κ2) is 13.0. The van der Waals surface area contributed by atoms with E-state index in [2.05, 4.69) is 15.0 Å². The first-order valence-corrected chi connectivity index (χ1v) is 16.7. The number of piperidine rings is 3. The van der Waals surface area contributed by atoms with Gasteiger partial charge in [0, 0.05) is 26.1 Å². The summed E-state index contributed by atoms with van der Waals surface area (Å²) in [7, 11) is 0. The monoisotopic (exact) mass is 688 g/mol. The number of ether oxygens (including phenoxy) is 1. The molecule has 1 N–H and O–H groups in total. The van der Waals surface area contributed by atoms with Gasteiger partial charge in [-0.15, -0.1) is 13.2 Å². The molecule has 3 fully saturated rings. The lowest BCUT2D eigenvalue weighted by atomic mass is 9.71. The number of para-hydroxylation sites is 1. The van der Waals surface area contributed by atoms with Gasteiger partial charge in [0.15, 0.2) is 0 Å². The van der Waals surface area contributed by atoms with Crippen molar-refractivity contribution in [1.82, 2.24) is 20.0 Å². The molecule has 50 heavy (non-hydrogen) atoms. The van der Waals surface area contributed by atoms with Gasteiger partial charge in [0.25, 0.3) is 17.7 Å². The molecule has 0 radical (unpaired) electrons. The van der Waals surface area contributed by atoms with Crippen molar-refractivity contribution in [2.75, 3.05) is 26.2 Å². The fourth-order valence-electron chi connectivity index (χ4n) is 7.70. The van der Waals surface area contributed by atoms with Crippen molar-refractivity contribution in [3.05, 3.63) is 89.0 Å². The van der Waals surface area contributed by atoms with E-state index >= 15 is 0 Å². The molecule has 1 unspecified atom stereocenters. The Morgan fingerprint density at radius 2 is 1.48 bits per heavy atom. The second-order valence-corrected chi connectivity index (χ2v) is 13.5. The Balaban J connectivity index is 0.951. The Kier molecular flexibility index (Phi) is 8.71. The van der Waals surface area contributed by atoms with Gasteiger partial charge in [-0.05, 0) is 85.5 Å². The minimum absolute atomic E-state index is 0.0539. The SMILES string of the molecule is O=C1CCC(N2C(=O)c3cccc(-c4ccc(CN5CCC6(CC5)CCN(C(=O)c5ccccc5OC(F)(F)F)CC6)cc4)c3C2=O)C(=O)N1. The highest BCUT2D eigenvalue weighted by Gasteiger charge is 2.46. The molecule has 3 aromatic carbocycles. The van der Waals surface area contributed by atoms with Gasteiger partial charge in [-0.25, -0.2) is 0 Å². The molecule has 0 saturated carbocycles. The summed E-state index contributed by atoms with van der Waals surface area (Å²) in [5.74, 6) is -3.10. The maximum Gasteiger partial charge on any atom is 0.573 e. The van der Waals surface area contributed by atoms with Crippen molar-refractivity contribution in [1.29, 1.82) is 0 Å². The zero-order valence-electron chi connectivity index (χ0n) is 27.1. The molecule has 4 aliphatic rings. The van der Waals surface area contributed by atoms with Crippen LogP contribution in [0, 0.1) is 5.41 Å². The van der Waals surface area contributed by atoms with Gasteiger partial charge >= 0.3 is 6.36 Å². The molecule has 260 valence electrons. The van der Waals surface area contributed by atoms with Crippen LogP contribution in [0.25, 0.3) is 11.1 Å². The van der Waals surface area contributed by atoms with Crippen molar-refractivity contribution in [2.24, 2.45) is 5.41 Å². The van der Waals surface area contributed by atoms with Crippen LogP contribution in [-0.2, 0) is 16.1 Å². The van der Waals surface area contributed by atoms with E-state index in [0.717, 1.165) is 67.4 Å². The number of nitrogens with one attached hydrogen (secondary N) is 1. The number of imide groups is 2. The van der Waals surface area contributed by atoms with Gasteiger partial charge in [-0.2, -0.15) is 0 Å². The summed E-state index contributed by atoms with van der Waals surface area (Å²) in [4.78, 5) is 69.0. The van der Waals surface area contributed by atoms with E-state index in [-0.39, 0.29) is 34.9 Å². The van der Waals surface area contributed by atoms with Crippen LogP contribution >= 0.6 is 0 Å². The van der Waals surface area contributed by atoms with Crippen LogP contribution in [0.1, 0.15) is 75.2 Å². The molecule has 3 aromatic rings. The Labute approximate surface area is 286 Å². The lowest BCUT2D eigenvalue weighted by Gasteiger charge is -2.47. The van der Waals surface area contributed by atoms with Crippen molar-refractivity contribution >= 4 is 29.5 Å². The number of halogens is 3. The highest BCUT2D eigenvalue weighted by Crippen LogP contribution is 2.42. The third kappa shape index (κ3) is 6.49.